The van der Waals surface area contributed by atoms with Crippen LogP contribution in [0, 0.1) is 0 Å². The van der Waals surface area contributed by atoms with Gasteiger partial charge in [-0.05, 0) is 30.5 Å². The number of nitrogens with zero attached hydrogens (tertiary/aromatic N) is 1. The summed E-state index contributed by atoms with van der Waals surface area (Å²) in [4.78, 5) is 27.7. The van der Waals surface area contributed by atoms with Gasteiger partial charge < -0.3 is 14.8 Å². The Morgan fingerprint density at radius 1 is 1.03 bits per heavy atom. The monoisotopic (exact) mass is 394 g/mol. The molecule has 1 amide bonds. The Morgan fingerprint density at radius 2 is 1.72 bits per heavy atom. The third-order valence-corrected chi connectivity index (χ3v) is 5.19. The second-order valence-corrected chi connectivity index (χ2v) is 7.56. The molecule has 1 saturated carbocycles. The molecule has 29 heavy (non-hydrogen) atoms. The van der Waals surface area contributed by atoms with Crippen LogP contribution in [-0.2, 0) is 20.8 Å². The molecule has 2 aliphatic rings. The highest BCUT2D eigenvalue weighted by atomic mass is 16.5. The second kappa shape index (κ2) is 9.20. The molecule has 2 fully saturated rings. The molecular formula is C23H26N2O4. The molecule has 2 aromatic carbocycles. The summed E-state index contributed by atoms with van der Waals surface area (Å²) in [5.74, 6) is -0.765. The van der Waals surface area contributed by atoms with E-state index in [0.717, 1.165) is 51.3 Å². The smallest absolute Gasteiger partial charge is 0.339 e. The molecule has 1 aliphatic carbocycles. The van der Waals surface area contributed by atoms with Gasteiger partial charge in [0.15, 0.2) is 0 Å². The Labute approximate surface area is 170 Å². The summed E-state index contributed by atoms with van der Waals surface area (Å²) in [5, 5.41) is 2.93. The van der Waals surface area contributed by atoms with Gasteiger partial charge in [0.25, 0.3) is 5.91 Å². The van der Waals surface area contributed by atoms with Crippen LogP contribution in [0.25, 0.3) is 0 Å². The molecule has 6 heteroatoms. The predicted octanol–water partition coefficient (Wildman–Crippen LogP) is 2.70. The first-order chi connectivity index (χ1) is 14.2. The van der Waals surface area contributed by atoms with Crippen LogP contribution in [-0.4, -0.2) is 49.1 Å². The zero-order chi connectivity index (χ0) is 20.1. The average molecular weight is 394 g/mol. The summed E-state index contributed by atoms with van der Waals surface area (Å²) in [6.45, 7) is 4.18. The van der Waals surface area contributed by atoms with Crippen LogP contribution in [0.4, 0.5) is 0 Å². The van der Waals surface area contributed by atoms with E-state index in [1.807, 2.05) is 30.3 Å². The van der Waals surface area contributed by atoms with Crippen molar-refractivity contribution in [3.63, 3.8) is 0 Å². The number of carbonyl (C=O) groups is 2. The largest absolute Gasteiger partial charge is 0.444 e. The van der Waals surface area contributed by atoms with Gasteiger partial charge in [0.2, 0.25) is 6.10 Å². The van der Waals surface area contributed by atoms with E-state index in [1.54, 1.807) is 24.3 Å². The fourth-order valence-electron chi connectivity index (χ4n) is 3.34. The molecule has 0 bridgehead atoms. The molecule has 1 saturated heterocycles. The quantitative estimate of drug-likeness (QED) is 0.732. The minimum Gasteiger partial charge on any atom is -0.444 e. The summed E-state index contributed by atoms with van der Waals surface area (Å²) in [5.41, 5.74) is 2.24. The van der Waals surface area contributed by atoms with Crippen molar-refractivity contribution in [2.75, 3.05) is 26.3 Å². The Balaban J connectivity index is 1.41. The number of ether oxygens (including phenoxy) is 2. The number of rotatable bonds is 7. The van der Waals surface area contributed by atoms with Crippen LogP contribution in [0.1, 0.15) is 40.4 Å². The molecule has 0 spiro atoms. The molecule has 0 radical (unpaired) electrons. The highest BCUT2D eigenvalue weighted by Gasteiger charge is 2.31. The Morgan fingerprint density at radius 3 is 2.38 bits per heavy atom. The molecule has 1 heterocycles. The highest BCUT2D eigenvalue weighted by molar-refractivity contribution is 5.92. The van der Waals surface area contributed by atoms with Gasteiger partial charge in [0, 0.05) is 31.2 Å². The van der Waals surface area contributed by atoms with Crippen molar-refractivity contribution in [3.8, 4) is 0 Å². The predicted molar refractivity (Wildman–Crippen MR) is 108 cm³/mol. The standard InChI is InChI=1S/C23H26N2O4/c26-22(24-20-10-11-20)21(18-4-2-1-3-5-18)29-23(27)19-8-6-17(7-9-19)16-25-12-14-28-15-13-25/h1-9,20-21H,10-16H2,(H,24,26)/t21-/m0/s1. The zero-order valence-electron chi connectivity index (χ0n) is 16.4. The SMILES string of the molecule is O=C(O[C@H](C(=O)NC1CC1)c1ccccc1)c1ccc(CN2CCOCC2)cc1. The number of esters is 1. The van der Waals surface area contributed by atoms with Crippen LogP contribution >= 0.6 is 0 Å². The maximum absolute atomic E-state index is 12.7. The van der Waals surface area contributed by atoms with Crippen LogP contribution in [0.3, 0.4) is 0 Å². The van der Waals surface area contributed by atoms with E-state index in [-0.39, 0.29) is 11.9 Å². The van der Waals surface area contributed by atoms with E-state index >= 15 is 0 Å². The summed E-state index contributed by atoms with van der Waals surface area (Å²) in [6, 6.07) is 16.7. The number of nitrogens with one attached hydrogen (secondary N) is 1. The number of morpholine rings is 1. The molecule has 6 nitrogen and oxygen atoms in total. The summed E-state index contributed by atoms with van der Waals surface area (Å²) in [7, 11) is 0. The van der Waals surface area contributed by atoms with Crippen LogP contribution < -0.4 is 5.32 Å². The normalized spacial score (nSPS) is 18.1. The number of benzene rings is 2. The maximum atomic E-state index is 12.7. The van der Waals surface area contributed by atoms with Crippen LogP contribution in [0.2, 0.25) is 0 Å². The first-order valence-corrected chi connectivity index (χ1v) is 10.1. The summed E-state index contributed by atoms with van der Waals surface area (Å²) in [6.07, 6.45) is 1.01. The summed E-state index contributed by atoms with van der Waals surface area (Å²) >= 11 is 0. The molecule has 0 unspecified atom stereocenters. The number of amides is 1. The van der Waals surface area contributed by atoms with E-state index < -0.39 is 12.1 Å². The Kier molecular flexibility index (Phi) is 6.22. The minimum atomic E-state index is -0.947. The highest BCUT2D eigenvalue weighted by Crippen LogP contribution is 2.24. The van der Waals surface area contributed by atoms with Gasteiger partial charge in [-0.15, -0.1) is 0 Å². The molecule has 152 valence electrons. The van der Waals surface area contributed by atoms with Gasteiger partial charge in [-0.25, -0.2) is 4.79 Å². The molecule has 1 aliphatic heterocycles. The van der Waals surface area contributed by atoms with Gasteiger partial charge >= 0.3 is 5.97 Å². The van der Waals surface area contributed by atoms with Crippen LogP contribution in [0.5, 0.6) is 0 Å². The second-order valence-electron chi connectivity index (χ2n) is 7.56. The minimum absolute atomic E-state index is 0.201. The fourth-order valence-corrected chi connectivity index (χ4v) is 3.34. The lowest BCUT2D eigenvalue weighted by Crippen LogP contribution is -2.35. The lowest BCUT2D eigenvalue weighted by Gasteiger charge is -2.26. The van der Waals surface area contributed by atoms with Gasteiger partial charge in [-0.3, -0.25) is 9.69 Å². The van der Waals surface area contributed by atoms with Crippen molar-refractivity contribution in [1.29, 1.82) is 0 Å². The fraction of sp³-hybridized carbons (Fsp3) is 0.391. The third kappa shape index (κ3) is 5.43. The van der Waals surface area contributed by atoms with Crippen LogP contribution in [0.15, 0.2) is 54.6 Å². The van der Waals surface area contributed by atoms with E-state index in [4.69, 9.17) is 9.47 Å². The van der Waals surface area contributed by atoms with Crippen molar-refractivity contribution in [2.45, 2.75) is 31.5 Å². The first kappa shape index (κ1) is 19.6. The summed E-state index contributed by atoms with van der Waals surface area (Å²) < 4.78 is 11.0. The topological polar surface area (TPSA) is 67.9 Å². The van der Waals surface area contributed by atoms with Gasteiger partial charge in [-0.2, -0.15) is 0 Å². The number of hydrogen-bond acceptors (Lipinski definition) is 5. The lowest BCUT2D eigenvalue weighted by molar-refractivity contribution is -0.130. The molecule has 0 aromatic heterocycles. The first-order valence-electron chi connectivity index (χ1n) is 10.1. The molecule has 4 rings (SSSR count). The molecule has 1 N–H and O–H groups in total. The Bertz CT molecular complexity index is 828. The Hall–Kier alpha value is -2.70. The van der Waals surface area contributed by atoms with Crippen molar-refractivity contribution in [3.05, 3.63) is 71.3 Å². The van der Waals surface area contributed by atoms with Crippen molar-refractivity contribution in [1.82, 2.24) is 10.2 Å². The van der Waals surface area contributed by atoms with E-state index in [1.165, 1.54) is 0 Å². The molecule has 1 atom stereocenters. The van der Waals surface area contributed by atoms with E-state index in [2.05, 4.69) is 10.2 Å². The zero-order valence-corrected chi connectivity index (χ0v) is 16.4. The lowest BCUT2D eigenvalue weighted by atomic mass is 10.1. The van der Waals surface area contributed by atoms with Crippen molar-refractivity contribution < 1.29 is 19.1 Å². The molecular weight excluding hydrogens is 368 g/mol. The van der Waals surface area contributed by atoms with Gasteiger partial charge in [0.1, 0.15) is 0 Å². The van der Waals surface area contributed by atoms with Gasteiger partial charge in [-0.1, -0.05) is 42.5 Å². The average Bonchev–Trinajstić information content (AvgIpc) is 3.57. The third-order valence-electron chi connectivity index (χ3n) is 5.19. The molecule has 2 aromatic rings. The number of hydrogen-bond donors (Lipinski definition) is 1. The maximum Gasteiger partial charge on any atom is 0.339 e. The van der Waals surface area contributed by atoms with E-state index in [9.17, 15) is 9.59 Å². The van der Waals surface area contributed by atoms with Crippen molar-refractivity contribution >= 4 is 11.9 Å². The van der Waals surface area contributed by atoms with E-state index in [0.29, 0.717) is 11.1 Å². The van der Waals surface area contributed by atoms with Gasteiger partial charge in [0.05, 0.1) is 18.8 Å². The van der Waals surface area contributed by atoms with Crippen molar-refractivity contribution in [2.24, 2.45) is 0 Å². The number of carbonyl (C=O) groups excluding carboxylic acids is 2.